The molecule has 0 amide bonds. The summed E-state index contributed by atoms with van der Waals surface area (Å²) in [5.41, 5.74) is 8.03. The van der Waals surface area contributed by atoms with Crippen molar-refractivity contribution >= 4 is 44.0 Å². The van der Waals surface area contributed by atoms with Gasteiger partial charge in [-0.25, -0.2) is 4.57 Å². The minimum absolute atomic E-state index is 0.0382. The summed E-state index contributed by atoms with van der Waals surface area (Å²) in [5.74, 6) is 3.02. The molecule has 11 rings (SSSR count). The number of likely N-dealkylation sites (N-methyl/N-ethyl adjacent to an activating group) is 1. The molecule has 5 heteroatoms. The third kappa shape index (κ3) is 2.32. The van der Waals surface area contributed by atoms with Gasteiger partial charge in [-0.3, -0.25) is 0 Å². The van der Waals surface area contributed by atoms with E-state index >= 15 is 0 Å². The SMILES string of the molecule is CN1C(c2cccc3ccccc23)=CN2c3cccc4c3C3(c5c(ccc6c7ccccc7n(c56)-c5cccc[n+]53)O4)C12. The van der Waals surface area contributed by atoms with Crippen molar-refractivity contribution in [1.29, 1.82) is 0 Å². The van der Waals surface area contributed by atoms with Crippen LogP contribution in [0.3, 0.4) is 0 Å². The van der Waals surface area contributed by atoms with Crippen LogP contribution < -0.4 is 14.2 Å². The van der Waals surface area contributed by atoms with Crippen molar-refractivity contribution < 1.29 is 9.30 Å². The molecule has 2 aromatic heterocycles. The van der Waals surface area contributed by atoms with E-state index in [1.165, 1.54) is 60.7 Å². The third-order valence-electron chi connectivity index (χ3n) is 10.2. The molecule has 1 spiro atoms. The Balaban J connectivity index is 1.30. The summed E-state index contributed by atoms with van der Waals surface area (Å²) in [6.07, 6.45) is 4.60. The molecule has 0 fully saturated rings. The summed E-state index contributed by atoms with van der Waals surface area (Å²) in [6.45, 7) is 0. The number of fused-ring (bicyclic) bond motifs is 8. The summed E-state index contributed by atoms with van der Waals surface area (Å²) >= 11 is 0. The van der Waals surface area contributed by atoms with E-state index in [0.717, 1.165) is 17.3 Å². The summed E-state index contributed by atoms with van der Waals surface area (Å²) in [6, 6.07) is 41.7. The Labute approximate surface area is 247 Å². The van der Waals surface area contributed by atoms with Gasteiger partial charge in [-0.2, -0.15) is 4.57 Å². The molecule has 2 atom stereocenters. The maximum atomic E-state index is 6.82. The predicted octanol–water partition coefficient (Wildman–Crippen LogP) is 7.53. The Morgan fingerprint density at radius 1 is 0.698 bits per heavy atom. The molecular formula is C38H25N4O+. The number of benzene rings is 5. The number of hydrogen-bond acceptors (Lipinski definition) is 3. The molecule has 2 unspecified atom stereocenters. The first-order chi connectivity index (χ1) is 21.3. The molecule has 6 heterocycles. The molecule has 0 bridgehead atoms. The fraction of sp³-hybridized carbons (Fsp3) is 0.0789. The second kappa shape index (κ2) is 7.26. The maximum Gasteiger partial charge on any atom is 0.288 e. The summed E-state index contributed by atoms with van der Waals surface area (Å²) in [5, 5.41) is 5.04. The highest BCUT2D eigenvalue weighted by atomic mass is 16.5. The van der Waals surface area contributed by atoms with Crippen molar-refractivity contribution in [1.82, 2.24) is 9.47 Å². The zero-order valence-electron chi connectivity index (χ0n) is 23.4. The van der Waals surface area contributed by atoms with Gasteiger partial charge in [-0.05, 0) is 53.2 Å². The molecule has 202 valence electrons. The van der Waals surface area contributed by atoms with Crippen LogP contribution >= 0.6 is 0 Å². The topological polar surface area (TPSA) is 24.5 Å². The highest BCUT2D eigenvalue weighted by molar-refractivity contribution is 6.12. The molecular weight excluding hydrogens is 528 g/mol. The van der Waals surface area contributed by atoms with Crippen LogP contribution in [0.5, 0.6) is 11.5 Å². The number of anilines is 1. The third-order valence-corrected chi connectivity index (χ3v) is 10.2. The normalized spacial score (nSPS) is 20.3. The lowest BCUT2D eigenvalue weighted by atomic mass is 9.76. The highest BCUT2D eigenvalue weighted by Crippen LogP contribution is 2.63. The summed E-state index contributed by atoms with van der Waals surface area (Å²) < 4.78 is 11.8. The van der Waals surface area contributed by atoms with Crippen LogP contribution in [0.1, 0.15) is 16.7 Å². The van der Waals surface area contributed by atoms with Gasteiger partial charge in [0.05, 0.1) is 28.7 Å². The van der Waals surface area contributed by atoms with Crippen molar-refractivity contribution in [2.75, 3.05) is 11.9 Å². The molecule has 0 saturated heterocycles. The zero-order chi connectivity index (χ0) is 28.0. The fourth-order valence-electron chi connectivity index (χ4n) is 8.72. The Morgan fingerprint density at radius 2 is 1.49 bits per heavy atom. The smallest absolute Gasteiger partial charge is 0.288 e. The van der Waals surface area contributed by atoms with E-state index < -0.39 is 5.54 Å². The van der Waals surface area contributed by atoms with E-state index in [0.29, 0.717) is 0 Å². The lowest BCUT2D eigenvalue weighted by Gasteiger charge is -2.43. The second-order valence-corrected chi connectivity index (χ2v) is 12.1. The summed E-state index contributed by atoms with van der Waals surface area (Å²) in [4.78, 5) is 5.00. The molecule has 0 saturated carbocycles. The Kier molecular flexibility index (Phi) is 3.73. The van der Waals surface area contributed by atoms with Crippen molar-refractivity contribution in [2.45, 2.75) is 11.7 Å². The van der Waals surface area contributed by atoms with E-state index in [1.54, 1.807) is 0 Å². The predicted molar refractivity (Wildman–Crippen MR) is 170 cm³/mol. The van der Waals surface area contributed by atoms with Gasteiger partial charge in [0, 0.05) is 35.6 Å². The highest BCUT2D eigenvalue weighted by Gasteiger charge is 2.68. The molecule has 4 aliphatic heterocycles. The van der Waals surface area contributed by atoms with E-state index in [1.807, 2.05) is 0 Å². The minimum Gasteiger partial charge on any atom is -0.456 e. The van der Waals surface area contributed by atoms with Crippen LogP contribution in [0.4, 0.5) is 5.69 Å². The molecule has 4 aliphatic rings. The molecule has 7 aromatic rings. The molecule has 0 N–H and O–H groups in total. The standard InChI is InChI=1S/C38H25N4O/c1-39-30(25-14-8-11-23-10-2-3-12-24(23)25)22-40-29-16-9-17-31-34(29)38(37(39)40)35-32(43-31)20-19-27-26-13-4-5-15-28(26)42(36(27)35)33-18-6-7-21-41(33)38/h2-22,37H,1H3/q+1. The lowest BCUT2D eigenvalue weighted by molar-refractivity contribution is -0.743. The van der Waals surface area contributed by atoms with Crippen molar-refractivity contribution in [3.8, 4) is 17.3 Å². The van der Waals surface area contributed by atoms with Crippen molar-refractivity contribution in [3.63, 3.8) is 0 Å². The van der Waals surface area contributed by atoms with Gasteiger partial charge in [0.2, 0.25) is 5.54 Å². The molecule has 43 heavy (non-hydrogen) atoms. The number of pyridine rings is 1. The van der Waals surface area contributed by atoms with Crippen LogP contribution in [0, 0.1) is 0 Å². The average Bonchev–Trinajstić information content (AvgIpc) is 3.68. The van der Waals surface area contributed by atoms with Gasteiger partial charge in [-0.15, -0.1) is 0 Å². The van der Waals surface area contributed by atoms with Crippen LogP contribution in [-0.4, -0.2) is 22.7 Å². The van der Waals surface area contributed by atoms with Crippen LogP contribution in [-0.2, 0) is 5.54 Å². The fourth-order valence-corrected chi connectivity index (χ4v) is 8.72. The number of para-hydroxylation sites is 1. The quantitative estimate of drug-likeness (QED) is 0.197. The minimum atomic E-state index is -0.544. The Hall–Kier alpha value is -5.55. The zero-order valence-corrected chi connectivity index (χ0v) is 23.4. The molecule has 0 radical (unpaired) electrons. The van der Waals surface area contributed by atoms with Gasteiger partial charge in [0.25, 0.3) is 5.82 Å². The van der Waals surface area contributed by atoms with Crippen LogP contribution in [0.25, 0.3) is 44.1 Å². The molecule has 5 nitrogen and oxygen atoms in total. The maximum absolute atomic E-state index is 6.82. The van der Waals surface area contributed by atoms with Crippen LogP contribution in [0.2, 0.25) is 0 Å². The average molecular weight is 554 g/mol. The van der Waals surface area contributed by atoms with E-state index in [4.69, 9.17) is 4.74 Å². The second-order valence-electron chi connectivity index (χ2n) is 12.1. The number of hydrogen-bond donors (Lipinski definition) is 0. The van der Waals surface area contributed by atoms with E-state index in [-0.39, 0.29) is 6.17 Å². The number of nitrogens with zero attached hydrogens (tertiary/aromatic N) is 4. The summed E-state index contributed by atoms with van der Waals surface area (Å²) in [7, 11) is 2.27. The first-order valence-electron chi connectivity index (χ1n) is 14.9. The van der Waals surface area contributed by atoms with Crippen molar-refractivity contribution in [2.24, 2.45) is 0 Å². The largest absolute Gasteiger partial charge is 0.456 e. The van der Waals surface area contributed by atoms with Gasteiger partial charge in [0.1, 0.15) is 17.0 Å². The Bertz CT molecular complexity index is 2430. The van der Waals surface area contributed by atoms with E-state index in [2.05, 4.69) is 154 Å². The van der Waals surface area contributed by atoms with Gasteiger partial charge in [-0.1, -0.05) is 66.7 Å². The van der Waals surface area contributed by atoms with Gasteiger partial charge < -0.3 is 14.5 Å². The number of rotatable bonds is 1. The number of ether oxygens (including phenoxy) is 1. The van der Waals surface area contributed by atoms with Gasteiger partial charge in [0.15, 0.2) is 11.7 Å². The molecule has 0 aliphatic carbocycles. The van der Waals surface area contributed by atoms with Gasteiger partial charge >= 0.3 is 0 Å². The van der Waals surface area contributed by atoms with E-state index in [9.17, 15) is 0 Å². The van der Waals surface area contributed by atoms with Crippen LogP contribution in [0.15, 0.2) is 128 Å². The lowest BCUT2D eigenvalue weighted by Crippen LogP contribution is -2.70. The van der Waals surface area contributed by atoms with Crippen molar-refractivity contribution in [3.05, 3.63) is 144 Å². The number of aromatic nitrogens is 2. The first kappa shape index (κ1) is 22.1. The molecule has 5 aromatic carbocycles. The Morgan fingerprint density at radius 3 is 2.44 bits per heavy atom. The first-order valence-corrected chi connectivity index (χ1v) is 14.9. The monoisotopic (exact) mass is 553 g/mol.